The third-order valence-electron chi connectivity index (χ3n) is 4.40. The standard InChI is InChI=1S/C16H25N3O/c1-2-13-12-19(11-10-18-8-3-4-9-18)16-14(17)6-5-7-15(16)20-13/h5-7,13H,2-4,8-12,17H2,1H3. The normalized spacial score (nSPS) is 22.6. The molecule has 1 saturated heterocycles. The minimum atomic E-state index is 0.280. The summed E-state index contributed by atoms with van der Waals surface area (Å²) >= 11 is 0. The molecule has 2 aliphatic rings. The molecule has 0 saturated carbocycles. The molecule has 0 spiro atoms. The molecule has 0 radical (unpaired) electrons. The lowest BCUT2D eigenvalue weighted by molar-refractivity contribution is 0.187. The Morgan fingerprint density at radius 3 is 2.80 bits per heavy atom. The molecule has 2 aliphatic heterocycles. The predicted octanol–water partition coefficient (Wildman–Crippen LogP) is 2.34. The van der Waals surface area contributed by atoms with Crippen LogP contribution in [0.15, 0.2) is 18.2 Å². The number of likely N-dealkylation sites (tertiary alicyclic amines) is 1. The first kappa shape index (κ1) is 13.6. The van der Waals surface area contributed by atoms with Gasteiger partial charge in [-0.25, -0.2) is 0 Å². The van der Waals surface area contributed by atoms with E-state index in [0.717, 1.165) is 43.2 Å². The van der Waals surface area contributed by atoms with E-state index in [1.807, 2.05) is 18.2 Å². The van der Waals surface area contributed by atoms with Crippen molar-refractivity contribution in [1.82, 2.24) is 4.90 Å². The summed E-state index contributed by atoms with van der Waals surface area (Å²) in [6.45, 7) is 7.80. The summed E-state index contributed by atoms with van der Waals surface area (Å²) in [6.07, 6.45) is 4.01. The van der Waals surface area contributed by atoms with Crippen molar-refractivity contribution in [3.05, 3.63) is 18.2 Å². The van der Waals surface area contributed by atoms with E-state index < -0.39 is 0 Å². The average molecular weight is 275 g/mol. The van der Waals surface area contributed by atoms with Gasteiger partial charge in [-0.3, -0.25) is 0 Å². The van der Waals surface area contributed by atoms with Gasteiger partial charge in [0, 0.05) is 13.1 Å². The highest BCUT2D eigenvalue weighted by Gasteiger charge is 2.26. The molecule has 110 valence electrons. The molecular weight excluding hydrogens is 250 g/mol. The Morgan fingerprint density at radius 2 is 2.05 bits per heavy atom. The molecule has 0 aromatic heterocycles. The van der Waals surface area contributed by atoms with Gasteiger partial charge in [-0.05, 0) is 44.5 Å². The summed E-state index contributed by atoms with van der Waals surface area (Å²) in [5.74, 6) is 0.949. The zero-order valence-electron chi connectivity index (χ0n) is 12.3. The van der Waals surface area contributed by atoms with Gasteiger partial charge in [0.2, 0.25) is 0 Å². The number of fused-ring (bicyclic) bond motifs is 1. The number of rotatable bonds is 4. The van der Waals surface area contributed by atoms with Crippen molar-refractivity contribution in [3.63, 3.8) is 0 Å². The molecule has 2 heterocycles. The number of anilines is 2. The van der Waals surface area contributed by atoms with Crippen LogP contribution < -0.4 is 15.4 Å². The van der Waals surface area contributed by atoms with Crippen LogP contribution in [0, 0.1) is 0 Å². The quantitative estimate of drug-likeness (QED) is 0.856. The second kappa shape index (κ2) is 5.92. The van der Waals surface area contributed by atoms with Gasteiger partial charge < -0.3 is 20.3 Å². The van der Waals surface area contributed by atoms with Crippen LogP contribution in [0.3, 0.4) is 0 Å². The van der Waals surface area contributed by atoms with Crippen LogP contribution in [-0.4, -0.2) is 43.7 Å². The molecule has 1 fully saturated rings. The molecule has 3 rings (SSSR count). The molecule has 4 heteroatoms. The zero-order chi connectivity index (χ0) is 13.9. The van der Waals surface area contributed by atoms with Crippen LogP contribution in [0.25, 0.3) is 0 Å². The molecular formula is C16H25N3O. The van der Waals surface area contributed by atoms with E-state index in [4.69, 9.17) is 10.5 Å². The Morgan fingerprint density at radius 1 is 1.25 bits per heavy atom. The number of hydrogen-bond donors (Lipinski definition) is 1. The number of nitrogens with two attached hydrogens (primary N) is 1. The van der Waals surface area contributed by atoms with E-state index in [-0.39, 0.29) is 6.10 Å². The highest BCUT2D eigenvalue weighted by atomic mass is 16.5. The summed E-state index contributed by atoms with van der Waals surface area (Å²) in [6, 6.07) is 5.98. The second-order valence-corrected chi connectivity index (χ2v) is 5.84. The van der Waals surface area contributed by atoms with Crippen LogP contribution in [-0.2, 0) is 0 Å². The molecule has 0 bridgehead atoms. The smallest absolute Gasteiger partial charge is 0.145 e. The fourth-order valence-corrected chi connectivity index (χ4v) is 3.21. The summed E-state index contributed by atoms with van der Waals surface area (Å²) in [5, 5.41) is 0. The van der Waals surface area contributed by atoms with Gasteiger partial charge in [-0.1, -0.05) is 13.0 Å². The minimum absolute atomic E-state index is 0.280. The largest absolute Gasteiger partial charge is 0.486 e. The van der Waals surface area contributed by atoms with Gasteiger partial charge >= 0.3 is 0 Å². The van der Waals surface area contributed by atoms with E-state index in [0.29, 0.717) is 0 Å². The number of ether oxygens (including phenoxy) is 1. The monoisotopic (exact) mass is 275 g/mol. The molecule has 1 aromatic rings. The fraction of sp³-hybridized carbons (Fsp3) is 0.625. The van der Waals surface area contributed by atoms with Crippen molar-refractivity contribution in [3.8, 4) is 5.75 Å². The van der Waals surface area contributed by atoms with E-state index in [2.05, 4.69) is 16.7 Å². The van der Waals surface area contributed by atoms with Gasteiger partial charge in [0.15, 0.2) is 0 Å². The maximum absolute atomic E-state index is 6.17. The minimum Gasteiger partial charge on any atom is -0.486 e. The van der Waals surface area contributed by atoms with Crippen LogP contribution in [0.2, 0.25) is 0 Å². The molecule has 20 heavy (non-hydrogen) atoms. The summed E-state index contributed by atoms with van der Waals surface area (Å²) < 4.78 is 6.03. The fourth-order valence-electron chi connectivity index (χ4n) is 3.21. The van der Waals surface area contributed by atoms with Crippen molar-refractivity contribution < 1.29 is 4.74 Å². The van der Waals surface area contributed by atoms with Gasteiger partial charge in [-0.2, -0.15) is 0 Å². The van der Waals surface area contributed by atoms with E-state index >= 15 is 0 Å². The highest BCUT2D eigenvalue weighted by molar-refractivity contribution is 5.75. The van der Waals surface area contributed by atoms with Crippen molar-refractivity contribution in [2.75, 3.05) is 43.4 Å². The third-order valence-corrected chi connectivity index (χ3v) is 4.40. The van der Waals surface area contributed by atoms with Crippen LogP contribution in [0.4, 0.5) is 11.4 Å². The van der Waals surface area contributed by atoms with Gasteiger partial charge in [0.1, 0.15) is 17.5 Å². The summed E-state index contributed by atoms with van der Waals surface area (Å²) in [4.78, 5) is 4.97. The Balaban J connectivity index is 1.75. The molecule has 1 aromatic carbocycles. The van der Waals surface area contributed by atoms with E-state index in [1.54, 1.807) is 0 Å². The molecule has 4 nitrogen and oxygen atoms in total. The Hall–Kier alpha value is -1.42. The Labute approximate surface area is 121 Å². The zero-order valence-corrected chi connectivity index (χ0v) is 12.3. The molecule has 1 unspecified atom stereocenters. The first-order valence-electron chi connectivity index (χ1n) is 7.80. The molecule has 2 N–H and O–H groups in total. The van der Waals surface area contributed by atoms with Crippen molar-refractivity contribution in [2.24, 2.45) is 0 Å². The number of nitrogens with zero attached hydrogens (tertiary/aromatic N) is 2. The average Bonchev–Trinajstić information content (AvgIpc) is 2.98. The van der Waals surface area contributed by atoms with Gasteiger partial charge in [0.25, 0.3) is 0 Å². The van der Waals surface area contributed by atoms with Crippen LogP contribution in [0.5, 0.6) is 5.75 Å². The van der Waals surface area contributed by atoms with Crippen molar-refractivity contribution >= 4 is 11.4 Å². The maximum Gasteiger partial charge on any atom is 0.145 e. The number of benzene rings is 1. The Bertz CT molecular complexity index is 457. The van der Waals surface area contributed by atoms with Crippen LogP contribution in [0.1, 0.15) is 26.2 Å². The van der Waals surface area contributed by atoms with Crippen molar-refractivity contribution in [2.45, 2.75) is 32.3 Å². The molecule has 1 atom stereocenters. The molecule has 0 amide bonds. The van der Waals surface area contributed by atoms with E-state index in [1.165, 1.54) is 25.9 Å². The summed E-state index contributed by atoms with van der Waals surface area (Å²) in [5.41, 5.74) is 8.09. The predicted molar refractivity (Wildman–Crippen MR) is 83.4 cm³/mol. The first-order valence-corrected chi connectivity index (χ1v) is 7.80. The lowest BCUT2D eigenvalue weighted by Gasteiger charge is -2.37. The Kier molecular flexibility index (Phi) is 4.01. The molecule has 0 aliphatic carbocycles. The second-order valence-electron chi connectivity index (χ2n) is 5.84. The van der Waals surface area contributed by atoms with Gasteiger partial charge in [0.05, 0.1) is 12.2 Å². The van der Waals surface area contributed by atoms with Gasteiger partial charge in [-0.15, -0.1) is 0 Å². The van der Waals surface area contributed by atoms with Crippen LogP contribution >= 0.6 is 0 Å². The third kappa shape index (κ3) is 2.70. The number of nitrogen functional groups attached to an aromatic ring is 1. The van der Waals surface area contributed by atoms with E-state index in [9.17, 15) is 0 Å². The maximum atomic E-state index is 6.17. The van der Waals surface area contributed by atoms with Crippen molar-refractivity contribution in [1.29, 1.82) is 0 Å². The topological polar surface area (TPSA) is 41.7 Å². The number of para-hydroxylation sites is 1. The highest BCUT2D eigenvalue weighted by Crippen LogP contribution is 2.38. The summed E-state index contributed by atoms with van der Waals surface area (Å²) in [7, 11) is 0. The SMILES string of the molecule is CCC1CN(CCN2CCCC2)c2c(N)cccc2O1. The lowest BCUT2D eigenvalue weighted by Crippen LogP contribution is -2.43. The lowest BCUT2D eigenvalue weighted by atomic mass is 10.1. The number of hydrogen-bond acceptors (Lipinski definition) is 4. The first-order chi connectivity index (χ1) is 9.78.